The molecule has 0 unspecified atom stereocenters. The highest BCUT2D eigenvalue weighted by molar-refractivity contribution is 5.89. The molecule has 0 radical (unpaired) electrons. The van der Waals surface area contributed by atoms with Crippen LogP contribution in [-0.2, 0) is 109 Å². The Balaban J connectivity index is 0. The van der Waals surface area contributed by atoms with Gasteiger partial charge in [0.2, 0.25) is 0 Å². The fraction of sp³-hybridized carbons (Fsp3) is 0.500. The van der Waals surface area contributed by atoms with Crippen LogP contribution in [0.5, 0.6) is 11.5 Å². The van der Waals surface area contributed by atoms with Crippen LogP contribution in [0, 0.1) is 5.41 Å². The number of carbonyl (C=O) groups is 9. The molecule has 2 aromatic carbocycles. The fourth-order valence-corrected chi connectivity index (χ4v) is 6.99. The molecule has 0 aliphatic rings. The number of hydrogen-bond acceptors (Lipinski definition) is 26. The van der Waals surface area contributed by atoms with Crippen molar-refractivity contribution in [2.75, 3.05) is 152 Å². The third-order valence-corrected chi connectivity index (χ3v) is 12.4. The molecule has 0 bridgehead atoms. The Kier molecular flexibility index (Phi) is 64.2. The zero-order valence-electron chi connectivity index (χ0n) is 58.3. The highest BCUT2D eigenvalue weighted by Gasteiger charge is 2.34. The monoisotopic (exact) mass is 1410 g/mol. The molecule has 0 saturated carbocycles. The summed E-state index contributed by atoms with van der Waals surface area (Å²) in [6.45, 7) is 39.2. The third kappa shape index (κ3) is 60.4. The fourth-order valence-electron chi connectivity index (χ4n) is 6.99. The lowest BCUT2D eigenvalue weighted by Gasteiger charge is -2.30. The van der Waals surface area contributed by atoms with E-state index in [0.717, 1.165) is 106 Å². The number of rotatable bonds is 59. The van der Waals surface area contributed by atoms with E-state index in [-0.39, 0.29) is 44.5 Å². The Morgan fingerprint density at radius 3 is 0.870 bits per heavy atom. The topological polar surface area (TPSA) is 311 Å². The predicted molar refractivity (Wildman–Crippen MR) is 372 cm³/mol. The van der Waals surface area contributed by atoms with E-state index in [2.05, 4.69) is 52.6 Å². The number of hydrogen-bond donors (Lipinski definition) is 0. The van der Waals surface area contributed by atoms with Gasteiger partial charge in [0.05, 0.1) is 37.4 Å². The molecule has 0 fully saturated rings. The highest BCUT2D eigenvalue weighted by atomic mass is 16.6. The predicted octanol–water partition coefficient (Wildman–Crippen LogP) is 9.88. The Morgan fingerprint density at radius 1 is 0.290 bits per heavy atom. The average Bonchev–Trinajstić information content (AvgIpc) is 0.875. The van der Waals surface area contributed by atoms with E-state index in [4.69, 9.17) is 80.5 Å². The van der Waals surface area contributed by atoms with Crippen LogP contribution in [-0.4, -0.2) is 206 Å². The number of benzene rings is 2. The van der Waals surface area contributed by atoms with Gasteiger partial charge in [0.1, 0.15) is 44.5 Å². The molecule has 0 aliphatic heterocycles. The molecule has 0 aliphatic carbocycles. The summed E-state index contributed by atoms with van der Waals surface area (Å²) >= 11 is 0. The van der Waals surface area contributed by atoms with Gasteiger partial charge in [-0.05, 0) is 75.6 Å². The van der Waals surface area contributed by atoms with E-state index in [1.54, 1.807) is 48.5 Å². The summed E-state index contributed by atoms with van der Waals surface area (Å²) < 4.78 is 88.3. The Bertz CT molecular complexity index is 2480. The summed E-state index contributed by atoms with van der Waals surface area (Å²) in [5, 5.41) is 0. The van der Waals surface area contributed by atoms with E-state index >= 15 is 0 Å². The third-order valence-electron chi connectivity index (χ3n) is 12.4. The normalized spacial score (nSPS) is 10.2. The number of unbranched alkanes of at least 4 members (excludes halogenated alkanes) is 3. The van der Waals surface area contributed by atoms with Crippen molar-refractivity contribution in [3.63, 3.8) is 0 Å². The molecule has 26 heteroatoms. The van der Waals surface area contributed by atoms with Crippen molar-refractivity contribution in [2.24, 2.45) is 5.41 Å². The second-order valence-electron chi connectivity index (χ2n) is 20.4. The number of ether oxygens (including phenoxy) is 17. The van der Waals surface area contributed by atoms with Crippen LogP contribution < -0.4 is 9.47 Å². The molecule has 2 aromatic rings. The van der Waals surface area contributed by atoms with Gasteiger partial charge in [-0.2, -0.15) is 0 Å². The van der Waals surface area contributed by atoms with Gasteiger partial charge in [0, 0.05) is 160 Å². The van der Waals surface area contributed by atoms with Crippen LogP contribution in [0.1, 0.15) is 94.3 Å². The lowest BCUT2D eigenvalue weighted by Crippen LogP contribution is -2.38. The van der Waals surface area contributed by atoms with Crippen LogP contribution in [0.3, 0.4) is 0 Å². The molecule has 558 valence electrons. The summed E-state index contributed by atoms with van der Waals surface area (Å²) in [6, 6.07) is 14.6. The Labute approximate surface area is 589 Å². The highest BCUT2D eigenvalue weighted by Crippen LogP contribution is 2.25. The second kappa shape index (κ2) is 68.8. The van der Waals surface area contributed by atoms with Crippen LogP contribution >= 0.6 is 0 Å². The van der Waals surface area contributed by atoms with E-state index in [1.807, 2.05) is 6.92 Å². The smallest absolute Gasteiger partial charge is 0.338 e. The van der Waals surface area contributed by atoms with E-state index < -0.39 is 59.1 Å². The molecule has 0 spiro atoms. The minimum absolute atomic E-state index is 0.0773. The van der Waals surface area contributed by atoms with Gasteiger partial charge in [-0.25, -0.2) is 43.2 Å². The van der Waals surface area contributed by atoms with Gasteiger partial charge in [-0.15, -0.1) is 0 Å². The second-order valence-corrected chi connectivity index (χ2v) is 20.4. The van der Waals surface area contributed by atoms with Gasteiger partial charge in [-0.1, -0.05) is 96.7 Å². The minimum atomic E-state index is -0.859. The number of carbonyl (C=O) groups excluding carboxylic acids is 9. The molecule has 0 N–H and O–H groups in total. The van der Waals surface area contributed by atoms with Crippen LogP contribution in [0.2, 0.25) is 0 Å². The van der Waals surface area contributed by atoms with Crippen molar-refractivity contribution in [3.05, 3.63) is 161 Å². The summed E-state index contributed by atoms with van der Waals surface area (Å²) in [5.74, 6) is -3.99. The SMILES string of the molecule is C=CC(=O)OCC(CC)(COC(=O)C=C)COC(=O)c1ccccc1.C=CC(=O)OCCCOCCCOCCCOCCCOCCCOCCCOCCCOC(=O)C=C.C=CC(=O)OCCOCCCCCCOCCOC(=O)C=C.C=CC(=O)Oc1cccc(OC(=O)C=C)c1. The lowest BCUT2D eigenvalue weighted by molar-refractivity contribution is -0.151. The van der Waals surface area contributed by atoms with E-state index in [0.29, 0.717) is 144 Å². The Hall–Kier alpha value is -8.73. The van der Waals surface area contributed by atoms with E-state index in [1.165, 1.54) is 6.07 Å². The van der Waals surface area contributed by atoms with Crippen LogP contribution in [0.15, 0.2) is 156 Å². The minimum Gasteiger partial charge on any atom is -0.462 e. The van der Waals surface area contributed by atoms with Gasteiger partial charge < -0.3 is 80.5 Å². The van der Waals surface area contributed by atoms with Crippen molar-refractivity contribution in [2.45, 2.75) is 84.0 Å². The first-order chi connectivity index (χ1) is 48.5. The molecule has 0 heterocycles. The molecular weight excluding hydrogens is 1300 g/mol. The maximum Gasteiger partial charge on any atom is 0.338 e. The molecule has 0 atom stereocenters. The zero-order chi connectivity index (χ0) is 74.2. The van der Waals surface area contributed by atoms with Gasteiger partial charge in [0.25, 0.3) is 0 Å². The first-order valence-corrected chi connectivity index (χ1v) is 32.9. The lowest BCUT2D eigenvalue weighted by atomic mass is 9.88. The summed E-state index contributed by atoms with van der Waals surface area (Å²) in [7, 11) is 0. The molecule has 26 nitrogen and oxygen atoms in total. The van der Waals surface area contributed by atoms with Crippen molar-refractivity contribution < 1.29 is 124 Å². The van der Waals surface area contributed by atoms with Crippen LogP contribution in [0.4, 0.5) is 0 Å². The van der Waals surface area contributed by atoms with Crippen molar-refractivity contribution in [1.29, 1.82) is 0 Å². The standard InChI is InChI=1S/C27H48O10.C19H22O6.C16H26O6.C12H10O4/c1-3-26(28)36-24-10-22-34-20-8-18-32-16-6-14-30-12-5-13-31-15-7-17-33-19-9-21-35-23-11-25-37-27(29)4-2;1-4-16(20)23-12-19(6-3,13-24-17(21)5-2)14-25-18(22)15-10-8-7-9-11-15;1-3-15(17)21-13-11-19-9-7-5-6-8-10-20-12-14-22-16(18)4-2;1-3-11(13)15-9-6-5-7-10(8-9)16-12(14)4-2/h3-4H,1-2,5-25H2;4-5,7-11H,1-2,6,12-14H2,3H3;3-4H,1-2,5-14H2;3-8H,1-2H2. The molecule has 2 rings (SSSR count). The van der Waals surface area contributed by atoms with Gasteiger partial charge >= 0.3 is 53.7 Å². The van der Waals surface area contributed by atoms with Gasteiger partial charge in [-0.3, -0.25) is 0 Å². The molecule has 0 aromatic heterocycles. The van der Waals surface area contributed by atoms with Crippen LogP contribution in [0.25, 0.3) is 0 Å². The number of esters is 9. The summed E-state index contributed by atoms with van der Waals surface area (Å²) in [4.78, 5) is 99.8. The molecular formula is C74H106O26. The van der Waals surface area contributed by atoms with Gasteiger partial charge in [0.15, 0.2) is 0 Å². The quantitative estimate of drug-likeness (QED) is 0.0195. The molecule has 100 heavy (non-hydrogen) atoms. The average molecular weight is 1410 g/mol. The van der Waals surface area contributed by atoms with Crippen molar-refractivity contribution >= 4 is 53.7 Å². The maximum atomic E-state index is 12.1. The summed E-state index contributed by atoms with van der Waals surface area (Å²) in [6.07, 6.45) is 18.8. The molecule has 0 amide bonds. The van der Waals surface area contributed by atoms with Crippen molar-refractivity contribution in [3.8, 4) is 11.5 Å². The largest absolute Gasteiger partial charge is 0.462 e. The summed E-state index contributed by atoms with van der Waals surface area (Å²) in [5.41, 5.74) is -0.458. The first kappa shape index (κ1) is 93.3. The maximum absolute atomic E-state index is 12.1. The Morgan fingerprint density at radius 2 is 0.560 bits per heavy atom. The zero-order valence-corrected chi connectivity index (χ0v) is 58.3. The van der Waals surface area contributed by atoms with Crippen molar-refractivity contribution in [1.82, 2.24) is 0 Å². The first-order valence-electron chi connectivity index (χ1n) is 32.9. The van der Waals surface area contributed by atoms with E-state index in [9.17, 15) is 43.2 Å². The molecule has 0 saturated heterocycles.